The van der Waals surface area contributed by atoms with Crippen LogP contribution < -0.4 is 0 Å². The minimum atomic E-state index is -0.431. The number of rotatable bonds is 1. The van der Waals surface area contributed by atoms with Crippen LogP contribution in [0.25, 0.3) is 0 Å². The Hall–Kier alpha value is -1.91. The van der Waals surface area contributed by atoms with Gasteiger partial charge in [0, 0.05) is 25.7 Å². The van der Waals surface area contributed by atoms with Crippen molar-refractivity contribution in [2.75, 3.05) is 13.6 Å². The smallest absolute Gasteiger partial charge is 0.269 e. The van der Waals surface area contributed by atoms with Crippen LogP contribution in [0.5, 0.6) is 0 Å². The van der Waals surface area contributed by atoms with Crippen LogP contribution in [0.2, 0.25) is 0 Å². The van der Waals surface area contributed by atoms with Crippen LogP contribution in [-0.2, 0) is 17.6 Å². The fourth-order valence-electron chi connectivity index (χ4n) is 1.85. The van der Waals surface area contributed by atoms with Crippen molar-refractivity contribution >= 4 is 11.6 Å². The van der Waals surface area contributed by atoms with Crippen LogP contribution >= 0.6 is 0 Å². The Bertz CT molecular complexity index is 457. The molecule has 0 saturated heterocycles. The van der Waals surface area contributed by atoms with Crippen molar-refractivity contribution in [1.29, 1.82) is 0 Å². The molecule has 1 amide bonds. The van der Waals surface area contributed by atoms with Crippen LogP contribution in [0.4, 0.5) is 5.69 Å². The number of benzene rings is 1. The fourth-order valence-corrected chi connectivity index (χ4v) is 1.85. The van der Waals surface area contributed by atoms with Gasteiger partial charge in [-0.05, 0) is 17.5 Å². The van der Waals surface area contributed by atoms with Crippen molar-refractivity contribution in [1.82, 2.24) is 4.90 Å². The van der Waals surface area contributed by atoms with E-state index in [1.165, 1.54) is 12.1 Å². The quantitative estimate of drug-likeness (QED) is 0.526. The molecule has 1 aromatic rings. The normalized spacial score (nSPS) is 15.6. The molecule has 0 radical (unpaired) electrons. The Morgan fingerprint density at radius 1 is 1.38 bits per heavy atom. The third kappa shape index (κ3) is 1.88. The first kappa shape index (κ1) is 10.6. The highest BCUT2D eigenvalue weighted by atomic mass is 16.6. The van der Waals surface area contributed by atoms with Crippen molar-refractivity contribution < 1.29 is 9.72 Å². The molecule has 0 N–H and O–H groups in total. The minimum absolute atomic E-state index is 0.0132. The predicted octanol–water partition coefficient (Wildman–Crippen LogP) is 1.15. The molecule has 0 bridgehead atoms. The molecule has 1 heterocycles. The molecule has 16 heavy (non-hydrogen) atoms. The van der Waals surface area contributed by atoms with E-state index in [-0.39, 0.29) is 18.0 Å². The highest BCUT2D eigenvalue weighted by Gasteiger charge is 2.19. The van der Waals surface area contributed by atoms with Gasteiger partial charge in [-0.2, -0.15) is 0 Å². The van der Waals surface area contributed by atoms with Crippen molar-refractivity contribution in [2.24, 2.45) is 0 Å². The molecule has 0 saturated carbocycles. The number of carbonyl (C=O) groups is 1. The highest BCUT2D eigenvalue weighted by molar-refractivity contribution is 5.79. The zero-order valence-electron chi connectivity index (χ0n) is 8.97. The third-order valence-electron chi connectivity index (χ3n) is 2.88. The molecule has 84 valence electrons. The van der Waals surface area contributed by atoms with Gasteiger partial charge in [-0.15, -0.1) is 0 Å². The molecule has 0 fully saturated rings. The van der Waals surface area contributed by atoms with Gasteiger partial charge in [0.15, 0.2) is 0 Å². The van der Waals surface area contributed by atoms with E-state index >= 15 is 0 Å². The van der Waals surface area contributed by atoms with Crippen molar-refractivity contribution in [3.05, 3.63) is 39.4 Å². The zero-order valence-corrected chi connectivity index (χ0v) is 8.97. The summed E-state index contributed by atoms with van der Waals surface area (Å²) in [6, 6.07) is 4.75. The molecule has 1 aliphatic rings. The molecule has 0 aliphatic carbocycles. The van der Waals surface area contributed by atoms with E-state index in [9.17, 15) is 14.9 Å². The van der Waals surface area contributed by atoms with Gasteiger partial charge in [-0.25, -0.2) is 0 Å². The molecular formula is C11H12N2O3. The lowest BCUT2D eigenvalue weighted by Crippen LogP contribution is -2.27. The van der Waals surface area contributed by atoms with Gasteiger partial charge in [-0.3, -0.25) is 14.9 Å². The molecule has 1 aromatic carbocycles. The number of nitro groups is 1. The lowest BCUT2D eigenvalue weighted by molar-refractivity contribution is -0.384. The monoisotopic (exact) mass is 220 g/mol. The number of likely N-dealkylation sites (N-methyl/N-ethyl adjacent to an activating group) is 1. The third-order valence-corrected chi connectivity index (χ3v) is 2.88. The summed E-state index contributed by atoms with van der Waals surface area (Å²) in [7, 11) is 1.75. The first-order valence-corrected chi connectivity index (χ1v) is 5.08. The van der Waals surface area contributed by atoms with E-state index in [1.54, 1.807) is 18.0 Å². The van der Waals surface area contributed by atoms with E-state index in [0.717, 1.165) is 17.5 Å². The van der Waals surface area contributed by atoms with Crippen LogP contribution in [0.15, 0.2) is 18.2 Å². The number of fused-ring (bicyclic) bond motifs is 1. The Balaban J connectivity index is 2.39. The van der Waals surface area contributed by atoms with Crippen molar-refractivity contribution in [3.63, 3.8) is 0 Å². The molecule has 0 atom stereocenters. The Morgan fingerprint density at radius 2 is 2.12 bits per heavy atom. The first-order chi connectivity index (χ1) is 7.58. The van der Waals surface area contributed by atoms with Crippen LogP contribution in [0.1, 0.15) is 11.1 Å². The highest BCUT2D eigenvalue weighted by Crippen LogP contribution is 2.21. The van der Waals surface area contributed by atoms with E-state index in [4.69, 9.17) is 0 Å². The molecule has 2 rings (SSSR count). The summed E-state index contributed by atoms with van der Waals surface area (Å²) in [4.78, 5) is 23.5. The second kappa shape index (κ2) is 3.92. The number of carbonyl (C=O) groups excluding carboxylic acids is 1. The molecular weight excluding hydrogens is 208 g/mol. The van der Waals surface area contributed by atoms with Crippen LogP contribution in [0.3, 0.4) is 0 Å². The molecule has 5 heteroatoms. The van der Waals surface area contributed by atoms with Crippen LogP contribution in [0, 0.1) is 10.1 Å². The first-order valence-electron chi connectivity index (χ1n) is 5.08. The Morgan fingerprint density at radius 3 is 2.81 bits per heavy atom. The number of non-ortho nitro benzene ring substituents is 1. The SMILES string of the molecule is CN1CCc2ccc([N+](=O)[O-])cc2CC1=O. The predicted molar refractivity (Wildman–Crippen MR) is 58.1 cm³/mol. The summed E-state index contributed by atoms with van der Waals surface area (Å²) in [6.45, 7) is 0.670. The summed E-state index contributed by atoms with van der Waals surface area (Å²) >= 11 is 0. The maximum absolute atomic E-state index is 11.6. The van der Waals surface area contributed by atoms with Crippen molar-refractivity contribution in [2.45, 2.75) is 12.8 Å². The molecule has 5 nitrogen and oxygen atoms in total. The average molecular weight is 220 g/mol. The van der Waals surface area contributed by atoms with Crippen molar-refractivity contribution in [3.8, 4) is 0 Å². The Labute approximate surface area is 92.8 Å². The summed E-state index contributed by atoms with van der Waals surface area (Å²) in [6.07, 6.45) is 1.02. The van der Waals surface area contributed by atoms with Gasteiger partial charge >= 0.3 is 0 Å². The summed E-state index contributed by atoms with van der Waals surface area (Å²) in [5.74, 6) is 0.0132. The lowest BCUT2D eigenvalue weighted by Gasteiger charge is -2.12. The number of hydrogen-bond donors (Lipinski definition) is 0. The standard InChI is InChI=1S/C11H12N2O3/c1-12-5-4-8-2-3-10(13(15)16)6-9(8)7-11(12)14/h2-3,6H,4-5,7H2,1H3. The van der Waals surface area contributed by atoms with E-state index in [1.807, 2.05) is 0 Å². The lowest BCUT2D eigenvalue weighted by atomic mass is 10.0. The molecule has 0 aromatic heterocycles. The van der Waals surface area contributed by atoms with Gasteiger partial charge in [0.2, 0.25) is 5.91 Å². The summed E-state index contributed by atoms with van der Waals surface area (Å²) in [5, 5.41) is 10.6. The number of nitrogens with zero attached hydrogens (tertiary/aromatic N) is 2. The van der Waals surface area contributed by atoms with Gasteiger partial charge < -0.3 is 4.90 Å². The van der Waals surface area contributed by atoms with Gasteiger partial charge in [0.25, 0.3) is 5.69 Å². The van der Waals surface area contributed by atoms with E-state index in [2.05, 4.69) is 0 Å². The minimum Gasteiger partial charge on any atom is -0.345 e. The maximum Gasteiger partial charge on any atom is 0.269 e. The summed E-state index contributed by atoms with van der Waals surface area (Å²) in [5.41, 5.74) is 1.86. The Kier molecular flexibility index (Phi) is 2.60. The topological polar surface area (TPSA) is 63.4 Å². The average Bonchev–Trinajstić information content (AvgIpc) is 2.38. The molecule has 0 unspecified atom stereocenters. The second-order valence-electron chi connectivity index (χ2n) is 3.95. The van der Waals surface area contributed by atoms with E-state index in [0.29, 0.717) is 6.54 Å². The number of amides is 1. The maximum atomic E-state index is 11.6. The van der Waals surface area contributed by atoms with Gasteiger partial charge in [0.1, 0.15) is 0 Å². The van der Waals surface area contributed by atoms with Crippen LogP contribution in [-0.4, -0.2) is 29.3 Å². The fraction of sp³-hybridized carbons (Fsp3) is 0.364. The second-order valence-corrected chi connectivity index (χ2v) is 3.95. The van der Waals surface area contributed by atoms with Gasteiger partial charge in [-0.1, -0.05) is 6.07 Å². The summed E-state index contributed by atoms with van der Waals surface area (Å²) < 4.78 is 0. The number of hydrogen-bond acceptors (Lipinski definition) is 3. The zero-order chi connectivity index (χ0) is 11.7. The molecule has 1 aliphatic heterocycles. The van der Waals surface area contributed by atoms with Gasteiger partial charge in [0.05, 0.1) is 11.3 Å². The largest absolute Gasteiger partial charge is 0.345 e. The number of nitro benzene ring substituents is 1. The van der Waals surface area contributed by atoms with E-state index < -0.39 is 4.92 Å². The molecule has 0 spiro atoms.